The maximum absolute atomic E-state index is 11.3. The lowest BCUT2D eigenvalue weighted by molar-refractivity contribution is -0.110. The molecule has 0 aromatic rings. The molecule has 0 spiro atoms. The molecule has 1 aliphatic carbocycles. The first-order valence-electron chi connectivity index (χ1n) is 7.49. The third kappa shape index (κ3) is 1.90. The smallest absolute Gasteiger partial charge is 0.180 e. The number of piperidine rings is 1. The Bertz CT molecular complexity index is 521. The highest BCUT2D eigenvalue weighted by atomic mass is 16.5. The largest absolute Gasteiger partial charge is 0.483 e. The van der Waals surface area contributed by atoms with Gasteiger partial charge in [-0.1, -0.05) is 0 Å². The van der Waals surface area contributed by atoms with Gasteiger partial charge < -0.3 is 15.0 Å². The predicted molar refractivity (Wildman–Crippen MR) is 75.6 cm³/mol. The van der Waals surface area contributed by atoms with E-state index in [9.17, 15) is 4.79 Å². The first-order chi connectivity index (χ1) is 9.70. The highest BCUT2D eigenvalue weighted by molar-refractivity contribution is 6.01. The molecule has 0 amide bonds. The minimum absolute atomic E-state index is 0.0292. The molecule has 0 aromatic carbocycles. The molecule has 2 bridgehead atoms. The van der Waals surface area contributed by atoms with Gasteiger partial charge in [0, 0.05) is 30.3 Å². The molecule has 3 unspecified atom stereocenters. The van der Waals surface area contributed by atoms with Gasteiger partial charge in [-0.05, 0) is 44.9 Å². The van der Waals surface area contributed by atoms with Crippen LogP contribution in [0.15, 0.2) is 35.9 Å². The van der Waals surface area contributed by atoms with Gasteiger partial charge in [-0.15, -0.1) is 0 Å². The zero-order chi connectivity index (χ0) is 13.7. The molecule has 3 heterocycles. The molecule has 1 N–H and O–H groups in total. The molecule has 4 aliphatic rings. The Hall–Kier alpha value is -1.55. The molecule has 106 valence electrons. The average molecular weight is 272 g/mol. The maximum atomic E-state index is 11.3. The van der Waals surface area contributed by atoms with Crippen molar-refractivity contribution < 1.29 is 9.53 Å². The standard InChI is InChI=1S/C16H20N2O2/c1-18-11-2-3-12(18)7-10(6-11)16-9-17-14-8-13(19)4-5-15(14)20-16/h4-5,8-12,15,17H,2-3,6-7H2,1H3. The number of ketones is 1. The molecule has 3 atom stereocenters. The first-order valence-corrected chi connectivity index (χ1v) is 7.49. The molecule has 0 radical (unpaired) electrons. The van der Waals surface area contributed by atoms with Crippen LogP contribution in [0.5, 0.6) is 0 Å². The molecule has 4 rings (SSSR count). The summed E-state index contributed by atoms with van der Waals surface area (Å²) in [5.74, 6) is 1.61. The Kier molecular flexibility index (Phi) is 2.74. The number of allylic oxidation sites excluding steroid dienone is 3. The van der Waals surface area contributed by atoms with Crippen LogP contribution in [0.1, 0.15) is 25.7 Å². The van der Waals surface area contributed by atoms with Crippen LogP contribution >= 0.6 is 0 Å². The van der Waals surface area contributed by atoms with E-state index in [1.54, 1.807) is 12.2 Å². The Labute approximate surface area is 119 Å². The van der Waals surface area contributed by atoms with Gasteiger partial charge in [-0.2, -0.15) is 0 Å². The summed E-state index contributed by atoms with van der Waals surface area (Å²) in [7, 11) is 2.25. The third-order valence-electron chi connectivity index (χ3n) is 5.18. The number of rotatable bonds is 1. The number of hydrogen-bond donors (Lipinski definition) is 1. The topological polar surface area (TPSA) is 41.6 Å². The van der Waals surface area contributed by atoms with E-state index in [-0.39, 0.29) is 11.9 Å². The number of hydrogen-bond acceptors (Lipinski definition) is 4. The molecule has 0 saturated carbocycles. The second-order valence-electron chi connectivity index (χ2n) is 6.31. The molecule has 20 heavy (non-hydrogen) atoms. The average Bonchev–Trinajstić information content (AvgIpc) is 2.68. The van der Waals surface area contributed by atoms with Crippen LogP contribution < -0.4 is 5.32 Å². The Morgan fingerprint density at radius 3 is 2.80 bits per heavy atom. The van der Waals surface area contributed by atoms with E-state index in [0.29, 0.717) is 18.0 Å². The van der Waals surface area contributed by atoms with E-state index in [1.807, 2.05) is 12.3 Å². The Morgan fingerprint density at radius 2 is 2.05 bits per heavy atom. The minimum Gasteiger partial charge on any atom is -0.483 e. The summed E-state index contributed by atoms with van der Waals surface area (Å²) in [6, 6.07) is 1.42. The van der Waals surface area contributed by atoms with Crippen molar-refractivity contribution in [1.29, 1.82) is 0 Å². The summed E-state index contributed by atoms with van der Waals surface area (Å²) < 4.78 is 6.11. The van der Waals surface area contributed by atoms with Gasteiger partial charge in [0.15, 0.2) is 11.9 Å². The van der Waals surface area contributed by atoms with Gasteiger partial charge in [0.1, 0.15) is 5.76 Å². The van der Waals surface area contributed by atoms with Crippen molar-refractivity contribution in [3.05, 3.63) is 35.9 Å². The molecule has 0 aromatic heterocycles. The van der Waals surface area contributed by atoms with E-state index in [4.69, 9.17) is 4.74 Å². The van der Waals surface area contributed by atoms with Crippen molar-refractivity contribution in [3.8, 4) is 0 Å². The summed E-state index contributed by atoms with van der Waals surface area (Å²) in [4.78, 5) is 13.9. The van der Waals surface area contributed by atoms with Crippen LogP contribution in [0.2, 0.25) is 0 Å². The van der Waals surface area contributed by atoms with Crippen LogP contribution in [0.3, 0.4) is 0 Å². The van der Waals surface area contributed by atoms with Crippen LogP contribution in [0.25, 0.3) is 0 Å². The van der Waals surface area contributed by atoms with Crippen molar-refractivity contribution in [1.82, 2.24) is 10.2 Å². The Balaban J connectivity index is 1.52. The van der Waals surface area contributed by atoms with Crippen LogP contribution in [0, 0.1) is 5.92 Å². The summed E-state index contributed by atoms with van der Waals surface area (Å²) in [5, 5.41) is 3.25. The Morgan fingerprint density at radius 1 is 1.30 bits per heavy atom. The monoisotopic (exact) mass is 272 g/mol. The van der Waals surface area contributed by atoms with Gasteiger partial charge in [0.2, 0.25) is 0 Å². The molecular formula is C16H20N2O2. The number of carbonyl (C=O) groups excluding carboxylic acids is 1. The van der Waals surface area contributed by atoms with E-state index in [2.05, 4.69) is 17.3 Å². The second-order valence-corrected chi connectivity index (χ2v) is 6.31. The normalized spacial score (nSPS) is 39.5. The predicted octanol–water partition coefficient (Wildman–Crippen LogP) is 1.71. The summed E-state index contributed by atoms with van der Waals surface area (Å²) in [6.45, 7) is 0. The minimum atomic E-state index is -0.106. The lowest BCUT2D eigenvalue weighted by Crippen LogP contribution is -2.42. The zero-order valence-corrected chi connectivity index (χ0v) is 11.7. The number of carbonyl (C=O) groups is 1. The second kappa shape index (κ2) is 4.48. The van der Waals surface area contributed by atoms with Crippen LogP contribution in [-0.2, 0) is 9.53 Å². The highest BCUT2D eigenvalue weighted by Gasteiger charge is 2.41. The fourth-order valence-corrected chi connectivity index (χ4v) is 3.99. The highest BCUT2D eigenvalue weighted by Crippen LogP contribution is 2.41. The van der Waals surface area contributed by atoms with Crippen LogP contribution in [-0.4, -0.2) is 35.9 Å². The lowest BCUT2D eigenvalue weighted by atomic mass is 9.89. The van der Waals surface area contributed by atoms with Crippen molar-refractivity contribution in [2.24, 2.45) is 5.92 Å². The number of nitrogens with one attached hydrogen (secondary N) is 1. The number of fused-ring (bicyclic) bond motifs is 3. The zero-order valence-electron chi connectivity index (χ0n) is 11.7. The van der Waals surface area contributed by atoms with Gasteiger partial charge in [-0.3, -0.25) is 4.79 Å². The van der Waals surface area contributed by atoms with Crippen molar-refractivity contribution in [2.45, 2.75) is 43.9 Å². The van der Waals surface area contributed by atoms with E-state index >= 15 is 0 Å². The van der Waals surface area contributed by atoms with E-state index in [1.165, 1.54) is 25.7 Å². The number of ether oxygens (including phenoxy) is 1. The number of nitrogens with zero attached hydrogens (tertiary/aromatic N) is 1. The fraction of sp³-hybridized carbons (Fsp3) is 0.562. The van der Waals surface area contributed by atoms with Gasteiger partial charge in [0.25, 0.3) is 0 Å². The summed E-state index contributed by atoms with van der Waals surface area (Å²) >= 11 is 0. The molecule has 2 saturated heterocycles. The lowest BCUT2D eigenvalue weighted by Gasteiger charge is -2.39. The van der Waals surface area contributed by atoms with Gasteiger partial charge in [-0.25, -0.2) is 0 Å². The molecule has 4 nitrogen and oxygen atoms in total. The molecule has 4 heteroatoms. The third-order valence-corrected chi connectivity index (χ3v) is 5.18. The SMILES string of the molecule is CN1C2CCC1CC(C1=CNC3=CC(=O)C=CC3O1)C2. The first kappa shape index (κ1) is 12.2. The maximum Gasteiger partial charge on any atom is 0.180 e. The van der Waals surface area contributed by atoms with Crippen molar-refractivity contribution >= 4 is 5.78 Å². The molecule has 2 fully saturated rings. The molecular weight excluding hydrogens is 252 g/mol. The fourth-order valence-electron chi connectivity index (χ4n) is 3.99. The van der Waals surface area contributed by atoms with Gasteiger partial charge >= 0.3 is 0 Å². The summed E-state index contributed by atoms with van der Waals surface area (Å²) in [6.07, 6.45) is 11.9. The summed E-state index contributed by atoms with van der Waals surface area (Å²) in [5.41, 5.74) is 0.858. The van der Waals surface area contributed by atoms with Crippen LogP contribution in [0.4, 0.5) is 0 Å². The molecule has 3 aliphatic heterocycles. The van der Waals surface area contributed by atoms with E-state index in [0.717, 1.165) is 11.5 Å². The van der Waals surface area contributed by atoms with Crippen molar-refractivity contribution in [2.75, 3.05) is 7.05 Å². The quantitative estimate of drug-likeness (QED) is 0.789. The van der Waals surface area contributed by atoms with Crippen molar-refractivity contribution in [3.63, 3.8) is 0 Å². The van der Waals surface area contributed by atoms with E-state index < -0.39 is 0 Å². The van der Waals surface area contributed by atoms with Gasteiger partial charge in [0.05, 0.1) is 5.70 Å².